The van der Waals surface area contributed by atoms with Crippen LogP contribution in [0.5, 0.6) is 0 Å². The highest BCUT2D eigenvalue weighted by Crippen LogP contribution is 2.12. The Kier molecular flexibility index (Phi) is 4.47. The number of hydrogen-bond acceptors (Lipinski definition) is 2. The molecule has 0 radical (unpaired) electrons. The molecule has 0 saturated heterocycles. The summed E-state index contributed by atoms with van der Waals surface area (Å²) >= 11 is 0. The second-order valence-electron chi connectivity index (χ2n) is 3.73. The van der Waals surface area contributed by atoms with E-state index in [0.29, 0.717) is 6.42 Å². The summed E-state index contributed by atoms with van der Waals surface area (Å²) in [4.78, 5) is 13.0. The Balaban J connectivity index is 4.19. The second kappa shape index (κ2) is 4.86. The maximum absolute atomic E-state index is 11.5. The Morgan fingerprint density at radius 3 is 2.46 bits per heavy atom. The van der Waals surface area contributed by atoms with Crippen molar-refractivity contribution in [2.24, 2.45) is 0 Å². The van der Waals surface area contributed by atoms with Gasteiger partial charge >= 0.3 is 0 Å². The summed E-state index contributed by atoms with van der Waals surface area (Å²) in [6.07, 6.45) is 2.44. The van der Waals surface area contributed by atoms with Gasteiger partial charge < -0.3 is 4.90 Å². The van der Waals surface area contributed by atoms with Gasteiger partial charge in [-0.3, -0.25) is 4.79 Å². The Bertz CT molecular complexity index is 215. The number of amides is 1. The van der Waals surface area contributed by atoms with Gasteiger partial charge in [0.1, 0.15) is 5.54 Å². The normalized spacial score (nSPS) is 10.7. The van der Waals surface area contributed by atoms with Crippen molar-refractivity contribution in [3.05, 3.63) is 0 Å². The predicted molar refractivity (Wildman–Crippen MR) is 52.0 cm³/mol. The van der Waals surface area contributed by atoms with Gasteiger partial charge in [-0.25, -0.2) is 0 Å². The molecule has 1 amide bonds. The van der Waals surface area contributed by atoms with Crippen LogP contribution >= 0.6 is 0 Å². The fraction of sp³-hybridized carbons (Fsp3) is 0.800. The molecule has 0 aromatic rings. The average molecular weight is 182 g/mol. The standard InChI is InChI=1S/C10H18N2O/c1-5-6-7-9(13)12(4)10(2,3)8-11/h5-7H2,1-4H3. The van der Waals surface area contributed by atoms with Crippen LogP contribution in [0.15, 0.2) is 0 Å². The molecule has 0 aromatic heterocycles. The van der Waals surface area contributed by atoms with Crippen LogP contribution in [0.25, 0.3) is 0 Å². The van der Waals surface area contributed by atoms with Gasteiger partial charge in [-0.2, -0.15) is 5.26 Å². The molecule has 0 fully saturated rings. The minimum absolute atomic E-state index is 0.0494. The number of carbonyl (C=O) groups is 1. The minimum atomic E-state index is -0.690. The van der Waals surface area contributed by atoms with Crippen LogP contribution in [-0.4, -0.2) is 23.4 Å². The third-order valence-corrected chi connectivity index (χ3v) is 2.23. The van der Waals surface area contributed by atoms with E-state index in [9.17, 15) is 4.79 Å². The smallest absolute Gasteiger partial charge is 0.223 e. The quantitative estimate of drug-likeness (QED) is 0.667. The molecule has 0 spiro atoms. The van der Waals surface area contributed by atoms with Crippen molar-refractivity contribution in [3.8, 4) is 6.07 Å². The van der Waals surface area contributed by atoms with Crippen LogP contribution in [0.1, 0.15) is 40.0 Å². The van der Waals surface area contributed by atoms with Crippen molar-refractivity contribution < 1.29 is 4.79 Å². The Morgan fingerprint density at radius 1 is 1.54 bits per heavy atom. The molecule has 3 heteroatoms. The Hall–Kier alpha value is -1.04. The van der Waals surface area contributed by atoms with E-state index in [1.807, 2.05) is 6.92 Å². The zero-order chi connectivity index (χ0) is 10.5. The van der Waals surface area contributed by atoms with Gasteiger partial charge in [0.05, 0.1) is 6.07 Å². The summed E-state index contributed by atoms with van der Waals surface area (Å²) in [5, 5.41) is 8.79. The SMILES string of the molecule is CCCCC(=O)N(C)C(C)(C)C#N. The molecule has 0 rings (SSSR count). The summed E-state index contributed by atoms with van der Waals surface area (Å²) in [5.41, 5.74) is -0.690. The van der Waals surface area contributed by atoms with Crippen molar-refractivity contribution in [2.45, 2.75) is 45.6 Å². The number of nitriles is 1. The van der Waals surface area contributed by atoms with E-state index in [1.165, 1.54) is 4.90 Å². The van der Waals surface area contributed by atoms with Crippen molar-refractivity contribution >= 4 is 5.91 Å². The third-order valence-electron chi connectivity index (χ3n) is 2.23. The maximum Gasteiger partial charge on any atom is 0.223 e. The van der Waals surface area contributed by atoms with Crippen LogP contribution in [0, 0.1) is 11.3 Å². The van der Waals surface area contributed by atoms with Crippen LogP contribution in [-0.2, 0) is 4.79 Å². The van der Waals surface area contributed by atoms with Crippen molar-refractivity contribution in [1.82, 2.24) is 4.90 Å². The second-order valence-corrected chi connectivity index (χ2v) is 3.73. The van der Waals surface area contributed by atoms with E-state index < -0.39 is 5.54 Å². The number of unbranched alkanes of at least 4 members (excludes halogenated alkanes) is 1. The number of carbonyl (C=O) groups excluding carboxylic acids is 1. The Labute approximate surface area is 80.3 Å². The molecule has 0 bridgehead atoms. The summed E-state index contributed by atoms with van der Waals surface area (Å²) < 4.78 is 0. The first kappa shape index (κ1) is 12.0. The van der Waals surface area contributed by atoms with E-state index in [-0.39, 0.29) is 5.91 Å². The average Bonchev–Trinajstić information content (AvgIpc) is 2.12. The van der Waals surface area contributed by atoms with E-state index in [0.717, 1.165) is 12.8 Å². The van der Waals surface area contributed by atoms with Gasteiger partial charge in [-0.05, 0) is 20.3 Å². The fourth-order valence-corrected chi connectivity index (χ4v) is 0.882. The molecule has 0 aliphatic carbocycles. The topological polar surface area (TPSA) is 44.1 Å². The van der Waals surface area contributed by atoms with Crippen molar-refractivity contribution in [3.63, 3.8) is 0 Å². The Morgan fingerprint density at radius 2 is 2.08 bits per heavy atom. The van der Waals surface area contributed by atoms with Crippen LogP contribution < -0.4 is 0 Å². The van der Waals surface area contributed by atoms with E-state index >= 15 is 0 Å². The number of rotatable bonds is 4. The lowest BCUT2D eigenvalue weighted by Gasteiger charge is -2.29. The summed E-state index contributed by atoms with van der Waals surface area (Å²) in [7, 11) is 1.68. The highest BCUT2D eigenvalue weighted by molar-refractivity contribution is 5.77. The largest absolute Gasteiger partial charge is 0.328 e. The first-order chi connectivity index (χ1) is 5.95. The number of nitrogens with zero attached hydrogens (tertiary/aromatic N) is 2. The molecular formula is C10H18N2O. The highest BCUT2D eigenvalue weighted by atomic mass is 16.2. The van der Waals surface area contributed by atoms with Crippen LogP contribution in [0.2, 0.25) is 0 Å². The summed E-state index contributed by atoms with van der Waals surface area (Å²) in [6, 6.07) is 2.10. The zero-order valence-corrected chi connectivity index (χ0v) is 8.92. The van der Waals surface area contributed by atoms with Gasteiger partial charge in [0.25, 0.3) is 0 Å². The van der Waals surface area contributed by atoms with Gasteiger partial charge in [-0.1, -0.05) is 13.3 Å². The fourth-order valence-electron chi connectivity index (χ4n) is 0.882. The van der Waals surface area contributed by atoms with Crippen molar-refractivity contribution in [1.29, 1.82) is 5.26 Å². The lowest BCUT2D eigenvalue weighted by Crippen LogP contribution is -2.43. The lowest BCUT2D eigenvalue weighted by molar-refractivity contribution is -0.133. The van der Waals surface area contributed by atoms with Gasteiger partial charge in [-0.15, -0.1) is 0 Å². The molecule has 0 aliphatic heterocycles. The van der Waals surface area contributed by atoms with Crippen LogP contribution in [0.3, 0.4) is 0 Å². The third kappa shape index (κ3) is 3.45. The maximum atomic E-state index is 11.5. The monoisotopic (exact) mass is 182 g/mol. The van der Waals surface area contributed by atoms with E-state index in [4.69, 9.17) is 5.26 Å². The minimum Gasteiger partial charge on any atom is -0.328 e. The molecule has 74 valence electrons. The van der Waals surface area contributed by atoms with Crippen molar-refractivity contribution in [2.75, 3.05) is 7.05 Å². The van der Waals surface area contributed by atoms with Gasteiger partial charge in [0.2, 0.25) is 5.91 Å². The molecule has 13 heavy (non-hydrogen) atoms. The number of hydrogen-bond donors (Lipinski definition) is 0. The molecule has 3 nitrogen and oxygen atoms in total. The van der Waals surface area contributed by atoms with Gasteiger partial charge in [0.15, 0.2) is 0 Å². The molecular weight excluding hydrogens is 164 g/mol. The summed E-state index contributed by atoms with van der Waals surface area (Å²) in [5.74, 6) is 0.0494. The molecule has 0 heterocycles. The molecule has 0 saturated carbocycles. The molecule has 0 aromatic carbocycles. The first-order valence-electron chi connectivity index (χ1n) is 4.63. The van der Waals surface area contributed by atoms with E-state index in [1.54, 1.807) is 20.9 Å². The highest BCUT2D eigenvalue weighted by Gasteiger charge is 2.26. The summed E-state index contributed by atoms with van der Waals surface area (Å²) in [6.45, 7) is 5.54. The van der Waals surface area contributed by atoms with E-state index in [2.05, 4.69) is 6.07 Å². The predicted octanol–water partition coefficient (Wildman–Crippen LogP) is 1.94. The lowest BCUT2D eigenvalue weighted by atomic mass is 10.1. The molecule has 0 atom stereocenters. The molecule has 0 unspecified atom stereocenters. The zero-order valence-electron chi connectivity index (χ0n) is 8.92. The first-order valence-corrected chi connectivity index (χ1v) is 4.63. The van der Waals surface area contributed by atoms with Gasteiger partial charge in [0, 0.05) is 13.5 Å². The van der Waals surface area contributed by atoms with Crippen LogP contribution in [0.4, 0.5) is 0 Å². The molecule has 0 aliphatic rings. The molecule has 0 N–H and O–H groups in total.